The highest BCUT2D eigenvalue weighted by Gasteiger charge is 2.22. The van der Waals surface area contributed by atoms with Gasteiger partial charge in [0.2, 0.25) is 0 Å². The van der Waals surface area contributed by atoms with Crippen molar-refractivity contribution in [1.29, 1.82) is 0 Å². The van der Waals surface area contributed by atoms with E-state index in [0.717, 1.165) is 22.8 Å². The molecule has 0 aromatic carbocycles. The van der Waals surface area contributed by atoms with Crippen LogP contribution in [0, 0.1) is 0 Å². The van der Waals surface area contributed by atoms with Gasteiger partial charge in [-0.05, 0) is 24.3 Å². The second-order valence-electron chi connectivity index (χ2n) is 7.09. The molecule has 2 aromatic rings. The summed E-state index contributed by atoms with van der Waals surface area (Å²) in [6.07, 6.45) is 0. The summed E-state index contributed by atoms with van der Waals surface area (Å²) in [6, 6.07) is 10.7. The molecule has 4 bridgehead atoms. The number of nitrogens with zero attached hydrogens (tertiary/aromatic N) is 4. The van der Waals surface area contributed by atoms with E-state index in [1.807, 2.05) is 46.2 Å². The van der Waals surface area contributed by atoms with Gasteiger partial charge in [0.25, 0.3) is 0 Å². The quantitative estimate of drug-likeness (QED) is 0.524. The molecule has 0 saturated heterocycles. The van der Waals surface area contributed by atoms with E-state index in [1.165, 1.54) is 0 Å². The molecule has 28 heavy (non-hydrogen) atoms. The lowest BCUT2D eigenvalue weighted by atomic mass is 10.1. The van der Waals surface area contributed by atoms with Crippen LogP contribution in [-0.4, -0.2) is 78.7 Å². The van der Waals surface area contributed by atoms with Gasteiger partial charge in [-0.3, -0.25) is 19.8 Å². The van der Waals surface area contributed by atoms with Gasteiger partial charge in [-0.2, -0.15) is 0 Å². The first-order valence-corrected chi connectivity index (χ1v) is 9.48. The van der Waals surface area contributed by atoms with E-state index in [9.17, 15) is 20.4 Å². The summed E-state index contributed by atoms with van der Waals surface area (Å²) >= 11 is 0. The van der Waals surface area contributed by atoms with Crippen LogP contribution in [0.2, 0.25) is 0 Å². The Morgan fingerprint density at radius 2 is 0.893 bits per heavy atom. The Bertz CT molecular complexity index is 646. The van der Waals surface area contributed by atoms with E-state index in [1.54, 1.807) is 0 Å². The summed E-state index contributed by atoms with van der Waals surface area (Å²) < 4.78 is 0. The lowest BCUT2D eigenvalue weighted by Gasteiger charge is -2.31. The van der Waals surface area contributed by atoms with Crippen molar-refractivity contribution >= 4 is 0 Å². The standard InChI is InChI=1S/C20H28N4O4/c25-11-19(12-26)23-7-15-3-1-4-16(21-15)8-24(20(13-27)14-28)10-18-6-2-5-17(9-23)22-18/h1-6,19-20,25-28H,7-14H2. The first kappa shape index (κ1) is 20.8. The Balaban J connectivity index is 1.99. The molecule has 0 spiro atoms. The zero-order valence-electron chi connectivity index (χ0n) is 15.9. The Morgan fingerprint density at radius 3 is 1.14 bits per heavy atom. The highest BCUT2D eigenvalue weighted by Crippen LogP contribution is 2.17. The maximum atomic E-state index is 9.67. The molecular weight excluding hydrogens is 360 g/mol. The molecule has 1 aliphatic heterocycles. The van der Waals surface area contributed by atoms with Gasteiger partial charge in [0.05, 0.1) is 61.3 Å². The molecule has 1 aliphatic rings. The highest BCUT2D eigenvalue weighted by atomic mass is 16.3. The van der Waals surface area contributed by atoms with Crippen molar-refractivity contribution in [2.75, 3.05) is 26.4 Å². The zero-order valence-corrected chi connectivity index (χ0v) is 15.9. The lowest BCUT2D eigenvalue weighted by Crippen LogP contribution is -2.41. The number of rotatable bonds is 6. The smallest absolute Gasteiger partial charge is 0.0609 e. The first-order chi connectivity index (χ1) is 13.7. The number of pyridine rings is 2. The molecule has 0 radical (unpaired) electrons. The van der Waals surface area contributed by atoms with Gasteiger partial charge in [0.15, 0.2) is 0 Å². The normalized spacial score (nSPS) is 16.2. The van der Waals surface area contributed by atoms with Crippen molar-refractivity contribution in [1.82, 2.24) is 19.8 Å². The third kappa shape index (κ3) is 5.11. The molecular formula is C20H28N4O4. The van der Waals surface area contributed by atoms with E-state index >= 15 is 0 Å². The van der Waals surface area contributed by atoms with Crippen LogP contribution < -0.4 is 0 Å². The second-order valence-corrected chi connectivity index (χ2v) is 7.09. The third-order valence-electron chi connectivity index (χ3n) is 5.07. The van der Waals surface area contributed by atoms with Gasteiger partial charge in [-0.25, -0.2) is 0 Å². The van der Waals surface area contributed by atoms with Crippen LogP contribution in [0.4, 0.5) is 0 Å². The Labute approximate surface area is 164 Å². The summed E-state index contributed by atoms with van der Waals surface area (Å²) in [6.45, 7) is 1.25. The molecule has 152 valence electrons. The first-order valence-electron chi connectivity index (χ1n) is 9.48. The summed E-state index contributed by atoms with van der Waals surface area (Å²) in [7, 11) is 0. The Kier molecular flexibility index (Phi) is 7.43. The van der Waals surface area contributed by atoms with Crippen LogP contribution in [0.15, 0.2) is 36.4 Å². The number of fused-ring (bicyclic) bond motifs is 4. The third-order valence-corrected chi connectivity index (χ3v) is 5.07. The number of hydrogen-bond acceptors (Lipinski definition) is 8. The molecule has 0 unspecified atom stereocenters. The molecule has 2 aromatic heterocycles. The maximum Gasteiger partial charge on any atom is 0.0609 e. The van der Waals surface area contributed by atoms with Crippen LogP contribution in [0.3, 0.4) is 0 Å². The molecule has 0 atom stereocenters. The molecule has 0 saturated carbocycles. The van der Waals surface area contributed by atoms with Crippen molar-refractivity contribution in [2.45, 2.75) is 38.3 Å². The fraction of sp³-hybridized carbons (Fsp3) is 0.500. The van der Waals surface area contributed by atoms with Crippen molar-refractivity contribution in [3.05, 3.63) is 59.2 Å². The van der Waals surface area contributed by atoms with E-state index < -0.39 is 12.1 Å². The van der Waals surface area contributed by atoms with Crippen LogP contribution >= 0.6 is 0 Å². The van der Waals surface area contributed by atoms with Crippen LogP contribution in [0.1, 0.15) is 22.8 Å². The molecule has 8 nitrogen and oxygen atoms in total. The van der Waals surface area contributed by atoms with Crippen LogP contribution in [-0.2, 0) is 26.2 Å². The summed E-state index contributed by atoms with van der Waals surface area (Å²) in [5.74, 6) is 0. The molecule has 0 aliphatic carbocycles. The summed E-state index contributed by atoms with van der Waals surface area (Å²) in [5.41, 5.74) is 3.30. The van der Waals surface area contributed by atoms with Gasteiger partial charge < -0.3 is 20.4 Å². The molecule has 4 N–H and O–H groups in total. The van der Waals surface area contributed by atoms with Crippen molar-refractivity contribution in [2.24, 2.45) is 0 Å². The number of aliphatic hydroxyl groups is 4. The molecule has 8 heteroatoms. The average Bonchev–Trinajstić information content (AvgIpc) is 2.69. The predicted octanol–water partition coefficient (Wildman–Crippen LogP) is -0.499. The number of hydrogen-bond donors (Lipinski definition) is 4. The van der Waals surface area contributed by atoms with Crippen LogP contribution in [0.25, 0.3) is 0 Å². The maximum absolute atomic E-state index is 9.67. The molecule has 0 amide bonds. The fourth-order valence-corrected chi connectivity index (χ4v) is 3.45. The summed E-state index contributed by atoms with van der Waals surface area (Å²) in [5, 5.41) is 38.7. The zero-order chi connectivity index (χ0) is 19.9. The SMILES string of the molecule is OCC(CO)N1Cc2cccc(n2)CN(C(CO)CO)Cc2cccc(n2)C1. The number of aliphatic hydroxyl groups excluding tert-OH is 4. The van der Waals surface area contributed by atoms with E-state index in [4.69, 9.17) is 9.97 Å². The van der Waals surface area contributed by atoms with Crippen LogP contribution in [0.5, 0.6) is 0 Å². The minimum atomic E-state index is -0.400. The highest BCUT2D eigenvalue weighted by molar-refractivity contribution is 5.15. The van der Waals surface area contributed by atoms with Gasteiger partial charge >= 0.3 is 0 Å². The molecule has 0 fully saturated rings. The van der Waals surface area contributed by atoms with Crippen molar-refractivity contribution < 1.29 is 20.4 Å². The Hall–Kier alpha value is -1.94. The minimum Gasteiger partial charge on any atom is -0.395 e. The van der Waals surface area contributed by atoms with Gasteiger partial charge in [-0.1, -0.05) is 12.1 Å². The Morgan fingerprint density at radius 1 is 0.607 bits per heavy atom. The minimum absolute atomic E-state index is 0.154. The van der Waals surface area contributed by atoms with Gasteiger partial charge in [0.1, 0.15) is 0 Å². The van der Waals surface area contributed by atoms with Gasteiger partial charge in [0, 0.05) is 26.2 Å². The fourth-order valence-electron chi connectivity index (χ4n) is 3.45. The summed E-state index contributed by atoms with van der Waals surface area (Å²) in [4.78, 5) is 13.4. The topological polar surface area (TPSA) is 113 Å². The predicted molar refractivity (Wildman–Crippen MR) is 103 cm³/mol. The van der Waals surface area contributed by atoms with E-state index in [0.29, 0.717) is 26.2 Å². The molecule has 3 rings (SSSR count). The average molecular weight is 388 g/mol. The molecule has 3 heterocycles. The van der Waals surface area contributed by atoms with Gasteiger partial charge in [-0.15, -0.1) is 0 Å². The second kappa shape index (κ2) is 10.0. The van der Waals surface area contributed by atoms with E-state index in [-0.39, 0.29) is 26.4 Å². The van der Waals surface area contributed by atoms with Crippen molar-refractivity contribution in [3.63, 3.8) is 0 Å². The number of aromatic nitrogens is 2. The van der Waals surface area contributed by atoms with Crippen molar-refractivity contribution in [3.8, 4) is 0 Å². The largest absolute Gasteiger partial charge is 0.395 e. The monoisotopic (exact) mass is 388 g/mol. The lowest BCUT2D eigenvalue weighted by molar-refractivity contribution is 0.0575. The van der Waals surface area contributed by atoms with E-state index in [2.05, 4.69) is 0 Å².